The summed E-state index contributed by atoms with van der Waals surface area (Å²) in [4.78, 5) is 0. The van der Waals surface area contributed by atoms with Gasteiger partial charge in [-0.25, -0.2) is 0 Å². The van der Waals surface area contributed by atoms with Gasteiger partial charge in [0.1, 0.15) is 0 Å². The maximum atomic E-state index is 4.07. The Kier molecular flexibility index (Phi) is 3.13. The molecule has 0 fully saturated rings. The highest BCUT2D eigenvalue weighted by molar-refractivity contribution is 5.35. The van der Waals surface area contributed by atoms with Crippen LogP contribution in [0.1, 0.15) is 44.7 Å². The summed E-state index contributed by atoms with van der Waals surface area (Å²) in [5.41, 5.74) is 2.82. The van der Waals surface area contributed by atoms with Crippen molar-refractivity contribution in [2.24, 2.45) is 0 Å². The van der Waals surface area contributed by atoms with Gasteiger partial charge >= 0.3 is 0 Å². The number of hydrogen-bond donors (Lipinski definition) is 0. The molecule has 0 saturated heterocycles. The summed E-state index contributed by atoms with van der Waals surface area (Å²) in [6.45, 7) is 10.9. The molecule has 0 atom stereocenters. The lowest BCUT2D eigenvalue weighted by Crippen LogP contribution is -2.17. The summed E-state index contributed by atoms with van der Waals surface area (Å²) < 4.78 is 0. The third kappa shape index (κ3) is 2.33. The van der Waals surface area contributed by atoms with Crippen LogP contribution in [0.25, 0.3) is 0 Å². The third-order valence-corrected chi connectivity index (χ3v) is 2.62. The van der Waals surface area contributed by atoms with Crippen LogP contribution in [-0.4, -0.2) is 0 Å². The predicted octanol–water partition coefficient (Wildman–Crippen LogP) is 3.95. The van der Waals surface area contributed by atoms with Gasteiger partial charge < -0.3 is 0 Å². The second-order valence-corrected chi connectivity index (χ2v) is 4.29. The van der Waals surface area contributed by atoms with Crippen LogP contribution in [0.3, 0.4) is 0 Å². The van der Waals surface area contributed by atoms with Crippen molar-refractivity contribution >= 4 is 0 Å². The highest BCUT2D eigenvalue weighted by Gasteiger charge is 2.20. The van der Waals surface area contributed by atoms with E-state index in [4.69, 9.17) is 0 Å². The average molecular weight is 175 g/mol. The van der Waals surface area contributed by atoms with E-state index < -0.39 is 0 Å². The zero-order valence-electron chi connectivity index (χ0n) is 8.93. The maximum Gasteiger partial charge on any atom is -0.0101 e. The highest BCUT2D eigenvalue weighted by Crippen LogP contribution is 2.30. The van der Waals surface area contributed by atoms with Crippen LogP contribution >= 0.6 is 0 Å². The van der Waals surface area contributed by atoms with E-state index in [0.29, 0.717) is 0 Å². The zero-order chi connectivity index (χ0) is 9.90. The molecule has 0 saturated carbocycles. The quantitative estimate of drug-likeness (QED) is 0.652. The Morgan fingerprint density at radius 1 is 1.23 bits per heavy atom. The molecule has 1 radical (unpaired) electrons. The first kappa shape index (κ1) is 10.3. The van der Waals surface area contributed by atoms with Crippen LogP contribution in [0, 0.1) is 6.92 Å². The standard InChI is InChI=1S/C13H19/c1-5-10-13(3,4)12-9-7-6-8-11(12)2/h6-9H,2,5,10H2,1,3-4H3. The lowest BCUT2D eigenvalue weighted by atomic mass is 9.79. The molecular formula is C13H19. The van der Waals surface area contributed by atoms with Crippen molar-refractivity contribution in [2.75, 3.05) is 0 Å². The Balaban J connectivity index is 2.99. The first-order valence-corrected chi connectivity index (χ1v) is 4.99. The van der Waals surface area contributed by atoms with Crippen LogP contribution in [0.2, 0.25) is 0 Å². The molecule has 0 aliphatic carbocycles. The summed E-state index contributed by atoms with van der Waals surface area (Å²) in [5.74, 6) is 0. The van der Waals surface area contributed by atoms with Gasteiger partial charge in [0.2, 0.25) is 0 Å². The van der Waals surface area contributed by atoms with Gasteiger partial charge in [-0.2, -0.15) is 0 Å². The van der Waals surface area contributed by atoms with Crippen LogP contribution in [0.5, 0.6) is 0 Å². The Morgan fingerprint density at radius 2 is 1.85 bits per heavy atom. The molecular weight excluding hydrogens is 156 g/mol. The van der Waals surface area contributed by atoms with Crippen molar-refractivity contribution in [3.05, 3.63) is 42.3 Å². The van der Waals surface area contributed by atoms with Crippen LogP contribution in [-0.2, 0) is 5.41 Å². The Morgan fingerprint density at radius 3 is 2.38 bits per heavy atom. The number of hydrogen-bond acceptors (Lipinski definition) is 0. The van der Waals surface area contributed by atoms with Gasteiger partial charge in [0.25, 0.3) is 0 Å². The summed E-state index contributed by atoms with van der Waals surface area (Å²) >= 11 is 0. The number of benzene rings is 1. The summed E-state index contributed by atoms with van der Waals surface area (Å²) in [5, 5.41) is 0. The predicted molar refractivity (Wildman–Crippen MR) is 58.8 cm³/mol. The van der Waals surface area contributed by atoms with Crippen molar-refractivity contribution < 1.29 is 0 Å². The van der Waals surface area contributed by atoms with Crippen LogP contribution < -0.4 is 0 Å². The molecule has 0 heterocycles. The van der Waals surface area contributed by atoms with Gasteiger partial charge in [-0.1, -0.05) is 51.5 Å². The van der Waals surface area contributed by atoms with Gasteiger partial charge in [0, 0.05) is 0 Å². The minimum atomic E-state index is 0.271. The molecule has 0 heteroatoms. The lowest BCUT2D eigenvalue weighted by molar-refractivity contribution is 0.472. The first-order chi connectivity index (χ1) is 6.08. The SMILES string of the molecule is [CH2]c1ccccc1C(C)(C)CCC. The van der Waals surface area contributed by atoms with Crippen molar-refractivity contribution in [1.82, 2.24) is 0 Å². The molecule has 0 aliphatic heterocycles. The van der Waals surface area contributed by atoms with Crippen molar-refractivity contribution in [2.45, 2.75) is 39.0 Å². The molecule has 0 spiro atoms. The second kappa shape index (κ2) is 3.95. The van der Waals surface area contributed by atoms with E-state index in [9.17, 15) is 0 Å². The van der Waals surface area contributed by atoms with E-state index in [1.54, 1.807) is 0 Å². The van der Waals surface area contributed by atoms with Gasteiger partial charge in [-0.3, -0.25) is 0 Å². The van der Waals surface area contributed by atoms with Crippen molar-refractivity contribution in [3.63, 3.8) is 0 Å². The minimum absolute atomic E-state index is 0.271. The number of rotatable bonds is 3. The third-order valence-electron chi connectivity index (χ3n) is 2.62. The molecule has 71 valence electrons. The van der Waals surface area contributed by atoms with E-state index in [1.807, 2.05) is 6.07 Å². The Labute approximate surface area is 82.0 Å². The van der Waals surface area contributed by atoms with Gasteiger partial charge in [-0.15, -0.1) is 0 Å². The molecule has 1 aromatic rings. The minimum Gasteiger partial charge on any atom is -0.0654 e. The molecule has 1 aromatic carbocycles. The van der Waals surface area contributed by atoms with E-state index in [0.717, 1.165) is 0 Å². The van der Waals surface area contributed by atoms with E-state index in [-0.39, 0.29) is 5.41 Å². The van der Waals surface area contributed by atoms with E-state index in [2.05, 4.69) is 45.9 Å². The lowest BCUT2D eigenvalue weighted by Gasteiger charge is -2.26. The molecule has 0 aromatic heterocycles. The van der Waals surface area contributed by atoms with Crippen LogP contribution in [0.4, 0.5) is 0 Å². The highest BCUT2D eigenvalue weighted by atomic mass is 14.2. The monoisotopic (exact) mass is 175 g/mol. The van der Waals surface area contributed by atoms with E-state index in [1.165, 1.54) is 24.0 Å². The molecule has 0 aliphatic rings. The molecule has 1 rings (SSSR count). The molecule has 0 N–H and O–H groups in total. The summed E-state index contributed by atoms with van der Waals surface area (Å²) in [7, 11) is 0. The molecule has 0 nitrogen and oxygen atoms in total. The smallest absolute Gasteiger partial charge is 0.0101 e. The molecule has 0 unspecified atom stereocenters. The zero-order valence-corrected chi connectivity index (χ0v) is 8.93. The summed E-state index contributed by atoms with van der Waals surface area (Å²) in [6, 6.07) is 8.43. The average Bonchev–Trinajstić information content (AvgIpc) is 2.04. The Bertz CT molecular complexity index is 271. The van der Waals surface area contributed by atoms with Crippen LogP contribution in [0.15, 0.2) is 24.3 Å². The fraction of sp³-hybridized carbons (Fsp3) is 0.462. The van der Waals surface area contributed by atoms with Crippen molar-refractivity contribution in [3.8, 4) is 0 Å². The molecule has 13 heavy (non-hydrogen) atoms. The molecule has 0 bridgehead atoms. The normalized spacial score (nSPS) is 11.7. The first-order valence-electron chi connectivity index (χ1n) is 4.99. The van der Waals surface area contributed by atoms with Crippen molar-refractivity contribution in [1.29, 1.82) is 0 Å². The Hall–Kier alpha value is -0.780. The molecule has 0 amide bonds. The fourth-order valence-electron chi connectivity index (χ4n) is 1.94. The van der Waals surface area contributed by atoms with E-state index >= 15 is 0 Å². The van der Waals surface area contributed by atoms with Gasteiger partial charge in [0.05, 0.1) is 0 Å². The van der Waals surface area contributed by atoms with Gasteiger partial charge in [-0.05, 0) is 29.9 Å². The van der Waals surface area contributed by atoms with Gasteiger partial charge in [0.15, 0.2) is 0 Å². The fourth-order valence-corrected chi connectivity index (χ4v) is 1.94. The maximum absolute atomic E-state index is 4.07. The summed E-state index contributed by atoms with van der Waals surface area (Å²) in [6.07, 6.45) is 2.45. The second-order valence-electron chi connectivity index (χ2n) is 4.29. The largest absolute Gasteiger partial charge is 0.0654 e. The topological polar surface area (TPSA) is 0 Å².